The second-order valence-corrected chi connectivity index (χ2v) is 7.48. The van der Waals surface area contributed by atoms with Crippen molar-refractivity contribution in [1.82, 2.24) is 9.80 Å². The fourth-order valence-corrected chi connectivity index (χ4v) is 2.81. The Labute approximate surface area is 193 Å². The van der Waals surface area contributed by atoms with Crippen molar-refractivity contribution in [1.29, 1.82) is 0 Å². The Morgan fingerprint density at radius 1 is 0.645 bits per heavy atom. The third-order valence-corrected chi connectivity index (χ3v) is 4.30. The van der Waals surface area contributed by atoms with E-state index in [1.54, 1.807) is 50.4 Å². The van der Waals surface area contributed by atoms with Crippen LogP contribution in [0.3, 0.4) is 0 Å². The minimum Gasteiger partial charge on any atom is -0.507 e. The van der Waals surface area contributed by atoms with E-state index in [1.807, 2.05) is 0 Å². The second-order valence-electron chi connectivity index (χ2n) is 7.48. The van der Waals surface area contributed by atoms with Gasteiger partial charge < -0.3 is 20.0 Å². The van der Waals surface area contributed by atoms with Crippen molar-refractivity contribution >= 4 is 23.1 Å². The molecule has 0 aromatic carbocycles. The van der Waals surface area contributed by atoms with Crippen LogP contribution in [0, 0.1) is 0 Å². The molecule has 2 N–H and O–H groups in total. The summed E-state index contributed by atoms with van der Waals surface area (Å²) in [7, 11) is 7.16. The van der Waals surface area contributed by atoms with Crippen LogP contribution in [0.1, 0.15) is 38.5 Å². The first-order valence-corrected chi connectivity index (χ1v) is 9.73. The van der Waals surface area contributed by atoms with Gasteiger partial charge in [0.05, 0.1) is 0 Å². The fourth-order valence-electron chi connectivity index (χ4n) is 2.81. The summed E-state index contributed by atoms with van der Waals surface area (Å²) < 4.78 is 0. The number of carbonyl (C=O) groups is 4. The van der Waals surface area contributed by atoms with Gasteiger partial charge >= 0.3 is 0 Å². The molecule has 0 unspecified atom stereocenters. The van der Waals surface area contributed by atoms with Crippen molar-refractivity contribution in [3.63, 3.8) is 0 Å². The number of rotatable bonds is 4. The molecule has 31 heavy (non-hydrogen) atoms. The minimum atomic E-state index is -0.257. The zero-order chi connectivity index (χ0) is 22.8. The van der Waals surface area contributed by atoms with Crippen LogP contribution >= 0.6 is 0 Å². The molecule has 2 fully saturated rings. The molecule has 2 aliphatic carbocycles. The van der Waals surface area contributed by atoms with E-state index in [-0.39, 0.29) is 62.6 Å². The predicted octanol–water partition coefficient (Wildman–Crippen LogP) is 2.39. The molecule has 0 aliphatic heterocycles. The van der Waals surface area contributed by atoms with Crippen LogP contribution in [0.25, 0.3) is 0 Å². The molecule has 0 heterocycles. The van der Waals surface area contributed by atoms with E-state index >= 15 is 0 Å². The molecule has 1 radical (unpaired) electrons. The number of allylic oxidation sites excluding steroid dienone is 4. The van der Waals surface area contributed by atoms with Gasteiger partial charge in [0.2, 0.25) is 0 Å². The van der Waals surface area contributed by atoms with Gasteiger partial charge in [-0.05, 0) is 25.0 Å². The molecular weight excluding hydrogens is 447 g/mol. The molecule has 0 aromatic heterocycles. The Morgan fingerprint density at radius 3 is 1.13 bits per heavy atom. The Morgan fingerprint density at radius 2 is 0.903 bits per heavy atom. The molecule has 173 valence electrons. The molecule has 2 aliphatic rings. The smallest absolute Gasteiger partial charge is 0.170 e. The van der Waals surface area contributed by atoms with Crippen molar-refractivity contribution in [2.75, 3.05) is 28.2 Å². The summed E-state index contributed by atoms with van der Waals surface area (Å²) >= 11 is 0. The van der Waals surface area contributed by atoms with Gasteiger partial charge in [-0.3, -0.25) is 19.2 Å². The third kappa shape index (κ3) is 9.35. The van der Waals surface area contributed by atoms with E-state index in [0.717, 1.165) is 0 Å². The van der Waals surface area contributed by atoms with Gasteiger partial charge in [0.1, 0.15) is 22.7 Å². The second kappa shape index (κ2) is 13.6. The summed E-state index contributed by atoms with van der Waals surface area (Å²) in [5, 5.41) is 19.2. The van der Waals surface area contributed by atoms with Crippen molar-refractivity contribution in [3.8, 4) is 0 Å². The fraction of sp³-hybridized carbons (Fsp3) is 0.455. The van der Waals surface area contributed by atoms with Crippen LogP contribution in [-0.2, 0) is 36.0 Å². The summed E-state index contributed by atoms with van der Waals surface area (Å²) in [6.45, 7) is 0. The van der Waals surface area contributed by atoms with Crippen LogP contribution in [0.15, 0.2) is 47.2 Å². The SMILES string of the molecule is CN(C)/C=C/C(O)=C1C(=O)CCCC1=O.CN(C)/C=C/C(O)=C1C(=O)CCCC1=O.[Co]. The molecule has 0 amide bonds. The summed E-state index contributed by atoms with van der Waals surface area (Å²) in [5.74, 6) is -1.48. The maximum Gasteiger partial charge on any atom is 0.170 e. The largest absolute Gasteiger partial charge is 0.507 e. The minimum absolute atomic E-state index is 0. The Kier molecular flexibility index (Phi) is 12.4. The molecule has 0 bridgehead atoms. The first-order valence-electron chi connectivity index (χ1n) is 9.73. The molecule has 0 atom stereocenters. The van der Waals surface area contributed by atoms with E-state index in [1.165, 1.54) is 12.2 Å². The van der Waals surface area contributed by atoms with Crippen LogP contribution < -0.4 is 0 Å². The monoisotopic (exact) mass is 477 g/mol. The zero-order valence-electron chi connectivity index (χ0n) is 18.3. The first kappa shape index (κ1) is 28.3. The number of nitrogens with zero attached hydrogens (tertiary/aromatic N) is 2. The average molecular weight is 477 g/mol. The maximum atomic E-state index is 11.4. The van der Waals surface area contributed by atoms with E-state index < -0.39 is 0 Å². The predicted molar refractivity (Wildman–Crippen MR) is 113 cm³/mol. The Bertz CT molecular complexity index is 718. The van der Waals surface area contributed by atoms with Crippen molar-refractivity contribution in [2.24, 2.45) is 0 Å². The number of Topliss-reactive ketones (excluding diaryl/α,β-unsaturated/α-hetero) is 4. The Hall–Kier alpha value is -2.65. The van der Waals surface area contributed by atoms with Gasteiger partial charge in [-0.2, -0.15) is 0 Å². The Balaban J connectivity index is 0.000000562. The van der Waals surface area contributed by atoms with Crippen LogP contribution in [0.4, 0.5) is 0 Å². The van der Waals surface area contributed by atoms with Gasteiger partial charge in [0.15, 0.2) is 23.1 Å². The van der Waals surface area contributed by atoms with Crippen molar-refractivity contribution < 1.29 is 46.2 Å². The van der Waals surface area contributed by atoms with Crippen molar-refractivity contribution in [2.45, 2.75) is 38.5 Å². The molecule has 8 nitrogen and oxygen atoms in total. The maximum absolute atomic E-state index is 11.4. The molecule has 0 saturated heterocycles. The molecular formula is C22H30CoN2O6. The van der Waals surface area contributed by atoms with E-state index in [9.17, 15) is 29.4 Å². The van der Waals surface area contributed by atoms with Crippen LogP contribution in [0.5, 0.6) is 0 Å². The molecule has 2 rings (SSSR count). The summed E-state index contributed by atoms with van der Waals surface area (Å²) in [5.41, 5.74) is -0.0845. The van der Waals surface area contributed by atoms with Crippen LogP contribution in [0.2, 0.25) is 0 Å². The van der Waals surface area contributed by atoms with Gasteiger partial charge in [-0.25, -0.2) is 0 Å². The van der Waals surface area contributed by atoms with Crippen LogP contribution in [-0.4, -0.2) is 71.3 Å². The van der Waals surface area contributed by atoms with E-state index in [4.69, 9.17) is 0 Å². The van der Waals surface area contributed by atoms with Crippen molar-refractivity contribution in [3.05, 3.63) is 47.2 Å². The topological polar surface area (TPSA) is 115 Å². The first-order chi connectivity index (χ1) is 14.0. The molecule has 2 saturated carbocycles. The number of ketones is 4. The van der Waals surface area contributed by atoms with E-state index in [2.05, 4.69) is 0 Å². The summed E-state index contributed by atoms with van der Waals surface area (Å²) in [6.07, 6.45) is 8.50. The quantitative estimate of drug-likeness (QED) is 0.360. The van der Waals surface area contributed by atoms with Gasteiger partial charge in [-0.1, -0.05) is 0 Å². The number of aliphatic hydroxyl groups excluding tert-OH is 2. The number of hydrogen-bond donors (Lipinski definition) is 2. The van der Waals surface area contributed by atoms with Gasteiger partial charge in [0.25, 0.3) is 0 Å². The summed E-state index contributed by atoms with van der Waals surface area (Å²) in [4.78, 5) is 49.1. The number of aliphatic hydroxyl groups is 2. The molecule has 0 aromatic rings. The van der Waals surface area contributed by atoms with Gasteiger partial charge in [-0.15, -0.1) is 0 Å². The third-order valence-electron chi connectivity index (χ3n) is 4.30. The summed E-state index contributed by atoms with van der Waals surface area (Å²) in [6, 6.07) is 0. The number of hydrogen-bond acceptors (Lipinski definition) is 8. The normalized spacial score (nSPS) is 16.8. The average Bonchev–Trinajstić information content (AvgIpc) is 2.65. The van der Waals surface area contributed by atoms with Gasteiger partial charge in [0, 0.05) is 83.1 Å². The standard InChI is InChI=1S/2C11H15NO3.Co/c2*1-12(2)7-6-10(15)11-8(13)4-3-5-9(11)14;/h2*6-7,15H,3-5H2,1-2H3;/b2*7-6+;. The zero-order valence-corrected chi connectivity index (χ0v) is 19.3. The van der Waals surface area contributed by atoms with E-state index in [0.29, 0.717) is 38.5 Å². The molecule has 9 heteroatoms. The molecule has 0 spiro atoms. The number of carbonyl (C=O) groups excluding carboxylic acids is 4.